The summed E-state index contributed by atoms with van der Waals surface area (Å²) < 4.78 is 5.48. The first-order valence-electron chi connectivity index (χ1n) is 7.08. The van der Waals surface area contributed by atoms with E-state index in [1.807, 2.05) is 7.11 Å². The zero-order chi connectivity index (χ0) is 12.3. The van der Waals surface area contributed by atoms with Gasteiger partial charge in [0.15, 0.2) is 0 Å². The van der Waals surface area contributed by atoms with Crippen molar-refractivity contribution in [1.29, 1.82) is 0 Å². The average Bonchev–Trinajstić information content (AvgIpc) is 2.76. The molecule has 0 aromatic heterocycles. The first kappa shape index (κ1) is 13.3. The molecule has 0 heterocycles. The van der Waals surface area contributed by atoms with Crippen LogP contribution in [-0.4, -0.2) is 48.5 Å². The average molecular weight is 241 g/mol. The molecular formula is C14H27NO2. The quantitative estimate of drug-likeness (QED) is 0.819. The van der Waals surface area contributed by atoms with Crippen LogP contribution in [0.1, 0.15) is 51.4 Å². The van der Waals surface area contributed by atoms with Gasteiger partial charge in [-0.1, -0.05) is 12.8 Å². The third-order valence-corrected chi connectivity index (χ3v) is 4.63. The van der Waals surface area contributed by atoms with Crippen molar-refractivity contribution >= 4 is 0 Å². The summed E-state index contributed by atoms with van der Waals surface area (Å²) in [4.78, 5) is 2.37. The molecule has 0 radical (unpaired) electrons. The van der Waals surface area contributed by atoms with Crippen LogP contribution in [-0.2, 0) is 4.74 Å². The summed E-state index contributed by atoms with van der Waals surface area (Å²) in [6.45, 7) is 0.841. The van der Waals surface area contributed by atoms with E-state index in [9.17, 15) is 5.11 Å². The van der Waals surface area contributed by atoms with Gasteiger partial charge in [0, 0.05) is 19.7 Å². The Labute approximate surface area is 105 Å². The van der Waals surface area contributed by atoms with Gasteiger partial charge >= 0.3 is 0 Å². The molecule has 0 spiro atoms. The van der Waals surface area contributed by atoms with Crippen LogP contribution in [0.4, 0.5) is 0 Å². The van der Waals surface area contributed by atoms with Crippen molar-refractivity contribution in [2.24, 2.45) is 0 Å². The van der Waals surface area contributed by atoms with Crippen molar-refractivity contribution in [2.45, 2.75) is 69.1 Å². The van der Waals surface area contributed by atoms with Gasteiger partial charge in [0.05, 0.1) is 11.7 Å². The van der Waals surface area contributed by atoms with Crippen molar-refractivity contribution in [3.63, 3.8) is 0 Å². The number of nitrogens with zero attached hydrogens (tertiary/aromatic N) is 1. The number of aliphatic hydroxyl groups is 1. The lowest BCUT2D eigenvalue weighted by atomic mass is 9.90. The summed E-state index contributed by atoms with van der Waals surface area (Å²) in [5.41, 5.74) is -0.408. The van der Waals surface area contributed by atoms with Gasteiger partial charge in [-0.15, -0.1) is 0 Å². The van der Waals surface area contributed by atoms with Gasteiger partial charge < -0.3 is 14.7 Å². The highest BCUT2D eigenvalue weighted by atomic mass is 16.5. The topological polar surface area (TPSA) is 32.7 Å². The molecule has 2 atom stereocenters. The van der Waals surface area contributed by atoms with Crippen molar-refractivity contribution < 1.29 is 9.84 Å². The monoisotopic (exact) mass is 241 g/mol. The van der Waals surface area contributed by atoms with Gasteiger partial charge in [-0.3, -0.25) is 0 Å². The number of hydrogen-bond acceptors (Lipinski definition) is 3. The molecule has 2 fully saturated rings. The molecule has 2 aliphatic carbocycles. The van der Waals surface area contributed by atoms with Crippen molar-refractivity contribution in [2.75, 3.05) is 20.7 Å². The Morgan fingerprint density at radius 2 is 1.94 bits per heavy atom. The highest BCUT2D eigenvalue weighted by Crippen LogP contribution is 2.32. The molecule has 0 aromatic carbocycles. The van der Waals surface area contributed by atoms with E-state index in [4.69, 9.17) is 4.74 Å². The number of hydrogen-bond donors (Lipinski definition) is 1. The highest BCUT2D eigenvalue weighted by molar-refractivity contribution is 4.89. The van der Waals surface area contributed by atoms with E-state index >= 15 is 0 Å². The number of methoxy groups -OCH3 is 1. The fraction of sp³-hybridized carbons (Fsp3) is 1.00. The Kier molecular flexibility index (Phi) is 4.45. The van der Waals surface area contributed by atoms with E-state index in [-0.39, 0.29) is 0 Å². The lowest BCUT2D eigenvalue weighted by molar-refractivity contribution is -0.0172. The minimum atomic E-state index is -0.408. The van der Waals surface area contributed by atoms with E-state index in [2.05, 4.69) is 11.9 Å². The maximum absolute atomic E-state index is 10.4. The molecule has 2 saturated carbocycles. The predicted octanol–water partition coefficient (Wildman–Crippen LogP) is 2.18. The highest BCUT2D eigenvalue weighted by Gasteiger charge is 2.35. The predicted molar refractivity (Wildman–Crippen MR) is 69.1 cm³/mol. The van der Waals surface area contributed by atoms with E-state index in [1.165, 1.54) is 32.1 Å². The summed E-state index contributed by atoms with van der Waals surface area (Å²) in [5, 5.41) is 10.4. The van der Waals surface area contributed by atoms with Crippen LogP contribution in [0.3, 0.4) is 0 Å². The summed E-state index contributed by atoms with van der Waals surface area (Å²) in [5.74, 6) is 0. The molecule has 0 aliphatic heterocycles. The van der Waals surface area contributed by atoms with Crippen LogP contribution in [0, 0.1) is 0 Å². The molecule has 3 nitrogen and oxygen atoms in total. The molecule has 0 saturated heterocycles. The lowest BCUT2D eigenvalue weighted by Crippen LogP contribution is -2.46. The zero-order valence-electron chi connectivity index (χ0n) is 11.3. The fourth-order valence-electron chi connectivity index (χ4n) is 3.52. The normalized spacial score (nSPS) is 33.2. The Hall–Kier alpha value is -0.120. The molecule has 2 rings (SSSR count). The molecule has 1 N–H and O–H groups in total. The molecular weight excluding hydrogens is 214 g/mol. The molecule has 100 valence electrons. The van der Waals surface area contributed by atoms with Crippen LogP contribution in [0.2, 0.25) is 0 Å². The second-order valence-corrected chi connectivity index (χ2v) is 6.02. The molecule has 2 unspecified atom stereocenters. The fourth-order valence-corrected chi connectivity index (χ4v) is 3.52. The number of ether oxygens (including phenoxy) is 1. The van der Waals surface area contributed by atoms with E-state index in [0.717, 1.165) is 25.8 Å². The Morgan fingerprint density at radius 1 is 1.24 bits per heavy atom. The maximum atomic E-state index is 10.4. The van der Waals surface area contributed by atoms with Crippen LogP contribution in [0.5, 0.6) is 0 Å². The lowest BCUT2D eigenvalue weighted by Gasteiger charge is -2.38. The number of rotatable bonds is 4. The maximum Gasteiger partial charge on any atom is 0.0774 e. The van der Waals surface area contributed by atoms with Crippen molar-refractivity contribution in [3.05, 3.63) is 0 Å². The van der Waals surface area contributed by atoms with Crippen LogP contribution < -0.4 is 0 Å². The van der Waals surface area contributed by atoms with Gasteiger partial charge in [0.25, 0.3) is 0 Å². The molecule has 3 heteroatoms. The minimum absolute atomic E-state index is 0.408. The smallest absolute Gasteiger partial charge is 0.0774 e. The summed E-state index contributed by atoms with van der Waals surface area (Å²) in [6.07, 6.45) is 9.61. The SMILES string of the molecule is COC1CCCC(N(C)CC2(O)CCCC2)C1. The van der Waals surface area contributed by atoms with Crippen molar-refractivity contribution in [3.8, 4) is 0 Å². The molecule has 0 aromatic rings. The summed E-state index contributed by atoms with van der Waals surface area (Å²) >= 11 is 0. The summed E-state index contributed by atoms with van der Waals surface area (Å²) in [7, 11) is 3.98. The van der Waals surface area contributed by atoms with Gasteiger partial charge in [-0.05, 0) is 45.6 Å². The molecule has 17 heavy (non-hydrogen) atoms. The Balaban J connectivity index is 1.84. The van der Waals surface area contributed by atoms with Crippen LogP contribution in [0.15, 0.2) is 0 Å². The molecule has 2 aliphatic rings. The van der Waals surface area contributed by atoms with E-state index < -0.39 is 5.60 Å². The van der Waals surface area contributed by atoms with E-state index in [0.29, 0.717) is 12.1 Å². The first-order chi connectivity index (χ1) is 8.13. The van der Waals surface area contributed by atoms with E-state index in [1.54, 1.807) is 0 Å². The van der Waals surface area contributed by atoms with Crippen LogP contribution in [0.25, 0.3) is 0 Å². The number of likely N-dealkylation sites (N-methyl/N-ethyl adjacent to an activating group) is 1. The van der Waals surface area contributed by atoms with Gasteiger partial charge in [-0.2, -0.15) is 0 Å². The molecule has 0 amide bonds. The molecule has 0 bridgehead atoms. The largest absolute Gasteiger partial charge is 0.389 e. The minimum Gasteiger partial charge on any atom is -0.389 e. The van der Waals surface area contributed by atoms with Crippen LogP contribution >= 0.6 is 0 Å². The van der Waals surface area contributed by atoms with Gasteiger partial charge in [0.2, 0.25) is 0 Å². The summed E-state index contributed by atoms with van der Waals surface area (Å²) in [6, 6.07) is 0.596. The third-order valence-electron chi connectivity index (χ3n) is 4.63. The zero-order valence-corrected chi connectivity index (χ0v) is 11.3. The second kappa shape index (κ2) is 5.68. The first-order valence-corrected chi connectivity index (χ1v) is 7.08. The van der Waals surface area contributed by atoms with Gasteiger partial charge in [-0.25, -0.2) is 0 Å². The second-order valence-electron chi connectivity index (χ2n) is 6.02. The third kappa shape index (κ3) is 3.43. The Morgan fingerprint density at radius 3 is 2.59 bits per heavy atom. The Bertz CT molecular complexity index is 238. The van der Waals surface area contributed by atoms with Crippen molar-refractivity contribution in [1.82, 2.24) is 4.90 Å². The standard InChI is InChI=1S/C14H27NO2/c1-15(11-14(16)8-3-4-9-14)12-6-5-7-13(10-12)17-2/h12-13,16H,3-11H2,1-2H3. The van der Waals surface area contributed by atoms with Gasteiger partial charge in [0.1, 0.15) is 0 Å².